The maximum Gasteiger partial charge on any atom is 0.225 e. The normalized spacial score (nSPS) is 23.9. The first-order valence-electron chi connectivity index (χ1n) is 6.05. The van der Waals surface area contributed by atoms with Gasteiger partial charge in [0, 0.05) is 12.5 Å². The molecule has 1 aliphatic carbocycles. The Bertz CT molecular complexity index is 416. The van der Waals surface area contributed by atoms with Gasteiger partial charge in [0.1, 0.15) is 5.00 Å². The number of nitrogens with zero attached hydrogens (tertiary/aromatic N) is 1. The van der Waals surface area contributed by atoms with Gasteiger partial charge in [-0.05, 0) is 32.6 Å². The van der Waals surface area contributed by atoms with Gasteiger partial charge in [0.2, 0.25) is 5.91 Å². The summed E-state index contributed by atoms with van der Waals surface area (Å²) >= 11 is 1.53. The fourth-order valence-electron chi connectivity index (χ4n) is 2.38. The summed E-state index contributed by atoms with van der Waals surface area (Å²) < 4.78 is 0. The van der Waals surface area contributed by atoms with Crippen molar-refractivity contribution in [1.29, 1.82) is 0 Å². The first-order chi connectivity index (χ1) is 8.06. The summed E-state index contributed by atoms with van der Waals surface area (Å²) in [5, 5.41) is 4.80. The zero-order valence-corrected chi connectivity index (χ0v) is 11.1. The number of carbonyl (C=O) groups is 1. The largest absolute Gasteiger partial charge is 0.327 e. The first kappa shape index (κ1) is 12.5. The highest BCUT2D eigenvalue weighted by atomic mass is 32.1. The van der Waals surface area contributed by atoms with Crippen LogP contribution in [0, 0.1) is 19.8 Å². The maximum atomic E-state index is 11.9. The number of aromatic nitrogens is 1. The molecule has 1 aromatic rings. The molecule has 0 saturated heterocycles. The molecule has 2 atom stereocenters. The fraction of sp³-hybridized carbons (Fsp3) is 0.667. The topological polar surface area (TPSA) is 68.0 Å². The highest BCUT2D eigenvalue weighted by Gasteiger charge is 2.26. The van der Waals surface area contributed by atoms with Gasteiger partial charge >= 0.3 is 0 Å². The van der Waals surface area contributed by atoms with Crippen LogP contribution >= 0.6 is 11.3 Å². The number of hydrogen-bond acceptors (Lipinski definition) is 4. The maximum absolute atomic E-state index is 11.9. The minimum atomic E-state index is 0.0686. The van der Waals surface area contributed by atoms with Gasteiger partial charge in [-0.15, -0.1) is 11.3 Å². The van der Waals surface area contributed by atoms with Gasteiger partial charge < -0.3 is 11.1 Å². The lowest BCUT2D eigenvalue weighted by Crippen LogP contribution is -2.28. The Morgan fingerprint density at radius 1 is 1.53 bits per heavy atom. The standard InChI is InChI=1S/C12H19N3OS/c1-7-12(17-8(2)14-7)15-11(16)6-9-4-3-5-10(9)13/h9-10H,3-6,13H2,1-2H3,(H,15,16)/t9-,10+/m0/s1. The van der Waals surface area contributed by atoms with E-state index in [1.807, 2.05) is 13.8 Å². The van der Waals surface area contributed by atoms with E-state index in [9.17, 15) is 4.79 Å². The molecule has 1 saturated carbocycles. The zero-order chi connectivity index (χ0) is 12.4. The second-order valence-corrected chi connectivity index (χ2v) is 5.96. The molecule has 1 aliphatic rings. The first-order valence-corrected chi connectivity index (χ1v) is 6.87. The van der Waals surface area contributed by atoms with Crippen LogP contribution in [0.25, 0.3) is 0 Å². The Morgan fingerprint density at radius 3 is 2.82 bits per heavy atom. The lowest BCUT2D eigenvalue weighted by Gasteiger charge is -2.14. The number of nitrogens with two attached hydrogens (primary N) is 1. The van der Waals surface area contributed by atoms with Gasteiger partial charge in [-0.3, -0.25) is 4.79 Å². The van der Waals surface area contributed by atoms with Gasteiger partial charge in [0.05, 0.1) is 10.7 Å². The van der Waals surface area contributed by atoms with E-state index < -0.39 is 0 Å². The van der Waals surface area contributed by atoms with E-state index in [0.29, 0.717) is 12.3 Å². The minimum absolute atomic E-state index is 0.0686. The summed E-state index contributed by atoms with van der Waals surface area (Å²) in [5.74, 6) is 0.420. The van der Waals surface area contributed by atoms with Crippen molar-refractivity contribution in [2.75, 3.05) is 5.32 Å². The number of amides is 1. The molecule has 4 nitrogen and oxygen atoms in total. The number of hydrogen-bond donors (Lipinski definition) is 2. The second-order valence-electron chi connectivity index (χ2n) is 4.75. The summed E-state index contributed by atoms with van der Waals surface area (Å²) in [6.07, 6.45) is 3.82. The van der Waals surface area contributed by atoms with Crippen LogP contribution in [0.5, 0.6) is 0 Å². The number of nitrogens with one attached hydrogen (secondary N) is 1. The van der Waals surface area contributed by atoms with Gasteiger partial charge in [-0.1, -0.05) is 6.42 Å². The van der Waals surface area contributed by atoms with Crippen molar-refractivity contribution in [3.63, 3.8) is 0 Å². The van der Waals surface area contributed by atoms with Crippen LogP contribution in [0.4, 0.5) is 5.00 Å². The number of carbonyl (C=O) groups excluding carboxylic acids is 1. The van der Waals surface area contributed by atoms with Crippen LogP contribution in [-0.4, -0.2) is 16.9 Å². The van der Waals surface area contributed by atoms with E-state index in [1.54, 1.807) is 0 Å². The molecule has 0 unspecified atom stereocenters. The molecular formula is C12H19N3OS. The summed E-state index contributed by atoms with van der Waals surface area (Å²) in [7, 11) is 0. The molecule has 0 spiro atoms. The number of anilines is 1. The molecule has 1 aromatic heterocycles. The molecule has 1 amide bonds. The summed E-state index contributed by atoms with van der Waals surface area (Å²) in [5.41, 5.74) is 6.86. The van der Waals surface area contributed by atoms with Gasteiger partial charge in [-0.2, -0.15) is 0 Å². The third-order valence-electron chi connectivity index (χ3n) is 3.32. The van der Waals surface area contributed by atoms with Crippen molar-refractivity contribution < 1.29 is 4.79 Å². The number of thiazole rings is 1. The zero-order valence-electron chi connectivity index (χ0n) is 10.3. The quantitative estimate of drug-likeness (QED) is 0.868. The van der Waals surface area contributed by atoms with Crippen molar-refractivity contribution in [2.45, 2.75) is 45.6 Å². The van der Waals surface area contributed by atoms with E-state index >= 15 is 0 Å². The molecule has 3 N–H and O–H groups in total. The lowest BCUT2D eigenvalue weighted by molar-refractivity contribution is -0.117. The van der Waals surface area contributed by atoms with E-state index in [4.69, 9.17) is 5.73 Å². The molecule has 2 rings (SSSR count). The highest BCUT2D eigenvalue weighted by Crippen LogP contribution is 2.28. The van der Waals surface area contributed by atoms with Crippen molar-refractivity contribution in [1.82, 2.24) is 4.98 Å². The van der Waals surface area contributed by atoms with Crippen LogP contribution in [-0.2, 0) is 4.79 Å². The third kappa shape index (κ3) is 3.04. The van der Waals surface area contributed by atoms with Gasteiger partial charge in [-0.25, -0.2) is 4.98 Å². The molecule has 94 valence electrons. The van der Waals surface area contributed by atoms with Crippen LogP contribution < -0.4 is 11.1 Å². The van der Waals surface area contributed by atoms with Crippen LogP contribution in [0.1, 0.15) is 36.4 Å². The van der Waals surface area contributed by atoms with Gasteiger partial charge in [0.15, 0.2) is 0 Å². The van der Waals surface area contributed by atoms with Crippen LogP contribution in [0.2, 0.25) is 0 Å². The summed E-state index contributed by atoms with van der Waals surface area (Å²) in [6, 6.07) is 0.199. The molecule has 0 aromatic carbocycles. The Labute approximate surface area is 106 Å². The summed E-state index contributed by atoms with van der Waals surface area (Å²) in [6.45, 7) is 3.86. The average molecular weight is 253 g/mol. The van der Waals surface area contributed by atoms with Crippen molar-refractivity contribution in [3.8, 4) is 0 Å². The fourth-order valence-corrected chi connectivity index (χ4v) is 3.22. The molecule has 1 fully saturated rings. The third-order valence-corrected chi connectivity index (χ3v) is 4.31. The smallest absolute Gasteiger partial charge is 0.225 e. The highest BCUT2D eigenvalue weighted by molar-refractivity contribution is 7.16. The van der Waals surface area contributed by atoms with Crippen LogP contribution in [0.3, 0.4) is 0 Å². The van der Waals surface area contributed by atoms with E-state index in [1.165, 1.54) is 11.3 Å². The lowest BCUT2D eigenvalue weighted by atomic mass is 10.00. The van der Waals surface area contributed by atoms with Crippen molar-refractivity contribution in [2.24, 2.45) is 11.7 Å². The molecule has 0 aliphatic heterocycles. The van der Waals surface area contributed by atoms with Crippen LogP contribution in [0.15, 0.2) is 0 Å². The molecule has 0 bridgehead atoms. The second kappa shape index (κ2) is 5.14. The van der Waals surface area contributed by atoms with E-state index in [2.05, 4.69) is 10.3 Å². The predicted octanol–water partition coefficient (Wildman–Crippen LogP) is 2.22. The van der Waals surface area contributed by atoms with E-state index in [0.717, 1.165) is 35.0 Å². The number of rotatable bonds is 3. The van der Waals surface area contributed by atoms with Crippen molar-refractivity contribution in [3.05, 3.63) is 10.7 Å². The average Bonchev–Trinajstić information content (AvgIpc) is 2.75. The molecular weight excluding hydrogens is 234 g/mol. The minimum Gasteiger partial charge on any atom is -0.327 e. The Morgan fingerprint density at radius 2 is 2.29 bits per heavy atom. The SMILES string of the molecule is Cc1nc(C)c(NC(=O)C[C@@H]2CCC[C@H]2N)s1. The predicted molar refractivity (Wildman–Crippen MR) is 70.2 cm³/mol. The number of aryl methyl sites for hydroxylation is 2. The van der Waals surface area contributed by atoms with Gasteiger partial charge in [0.25, 0.3) is 0 Å². The molecule has 5 heteroatoms. The van der Waals surface area contributed by atoms with Crippen molar-refractivity contribution >= 4 is 22.2 Å². The Kier molecular flexibility index (Phi) is 3.79. The molecule has 1 heterocycles. The monoisotopic (exact) mass is 253 g/mol. The Balaban J connectivity index is 1.91. The molecule has 0 radical (unpaired) electrons. The van der Waals surface area contributed by atoms with E-state index in [-0.39, 0.29) is 11.9 Å². The molecule has 17 heavy (non-hydrogen) atoms. The summed E-state index contributed by atoms with van der Waals surface area (Å²) in [4.78, 5) is 16.2. The Hall–Kier alpha value is -0.940.